The fraction of sp³-hybridized carbons (Fsp3) is 0.125. The average molecular weight is 815 g/mol. The molecule has 6 aromatic carbocycles. The van der Waals surface area contributed by atoms with Crippen LogP contribution in [0.5, 0.6) is 0 Å². The fourth-order valence-electron chi connectivity index (χ4n) is 6.34. The van der Waals surface area contributed by atoms with E-state index in [0.717, 1.165) is 22.3 Å². The van der Waals surface area contributed by atoms with E-state index in [-0.39, 0.29) is 5.02 Å². The standard InChI is InChI=1S/C27H25BFN3O2.C21H13ClFN3/c1-26(2)27(3,4)34-28(33-26)21-17-20(15-16-22(21)29)25-31-23(18-11-7-5-8-12-18)30-24(32-25)19-13-9-6-10-14-19;22-17-13-16(11-12-18(17)23)21-25-19(14-7-3-1-4-8-14)24-20(26-21)15-9-5-2-6-10-15/h5-17H,1-4H3;1-13H. The molecule has 1 saturated heterocycles. The van der Waals surface area contributed by atoms with Crippen molar-refractivity contribution >= 4 is 24.2 Å². The van der Waals surface area contributed by atoms with E-state index in [9.17, 15) is 8.78 Å². The van der Waals surface area contributed by atoms with Gasteiger partial charge in [0.05, 0.1) is 16.2 Å². The van der Waals surface area contributed by atoms with Crippen molar-refractivity contribution in [2.24, 2.45) is 0 Å². The molecule has 0 radical (unpaired) electrons. The summed E-state index contributed by atoms with van der Waals surface area (Å²) in [6.07, 6.45) is 0. The Labute approximate surface area is 352 Å². The number of hydrogen-bond donors (Lipinski definition) is 0. The molecule has 0 saturated carbocycles. The molecule has 8 nitrogen and oxygen atoms in total. The SMILES string of the molecule is CC1(C)OB(c2cc(-c3nc(-c4ccccc4)nc(-c4ccccc4)n3)ccc2F)OC1(C)C.Fc1ccc(-c2nc(-c3ccccc3)nc(-c3ccccc3)n2)cc1Cl. The Morgan fingerprint density at radius 1 is 0.400 bits per heavy atom. The highest BCUT2D eigenvalue weighted by molar-refractivity contribution is 6.62. The number of benzene rings is 6. The van der Waals surface area contributed by atoms with Gasteiger partial charge in [-0.3, -0.25) is 0 Å². The minimum absolute atomic E-state index is 0.0328. The predicted octanol–water partition coefficient (Wildman–Crippen LogP) is 11.0. The van der Waals surface area contributed by atoms with Crippen molar-refractivity contribution < 1.29 is 18.1 Å². The van der Waals surface area contributed by atoms with Crippen molar-refractivity contribution in [2.45, 2.75) is 38.9 Å². The second-order valence-corrected chi connectivity index (χ2v) is 15.4. The van der Waals surface area contributed by atoms with E-state index in [1.54, 1.807) is 18.2 Å². The highest BCUT2D eigenvalue weighted by Gasteiger charge is 2.52. The van der Waals surface area contributed by atoms with Gasteiger partial charge in [-0.1, -0.05) is 133 Å². The lowest BCUT2D eigenvalue weighted by molar-refractivity contribution is 0.00578. The Bertz CT molecular complexity index is 2640. The lowest BCUT2D eigenvalue weighted by Crippen LogP contribution is -2.41. The molecule has 1 aliphatic rings. The van der Waals surface area contributed by atoms with Gasteiger partial charge in [0, 0.05) is 38.8 Å². The van der Waals surface area contributed by atoms with E-state index < -0.39 is 30.0 Å². The molecule has 296 valence electrons. The Balaban J connectivity index is 0.000000172. The quantitative estimate of drug-likeness (QED) is 0.147. The number of hydrogen-bond acceptors (Lipinski definition) is 8. The largest absolute Gasteiger partial charge is 0.497 e. The summed E-state index contributed by atoms with van der Waals surface area (Å²) in [6.45, 7) is 7.77. The van der Waals surface area contributed by atoms with Gasteiger partial charge in [-0.2, -0.15) is 0 Å². The molecule has 0 bridgehead atoms. The number of rotatable bonds is 7. The van der Waals surface area contributed by atoms with Crippen molar-refractivity contribution in [2.75, 3.05) is 0 Å². The summed E-state index contributed by atoms with van der Waals surface area (Å²) < 4.78 is 40.6. The van der Waals surface area contributed by atoms with Crippen molar-refractivity contribution in [1.82, 2.24) is 29.9 Å². The van der Waals surface area contributed by atoms with Crippen LogP contribution in [0.4, 0.5) is 8.78 Å². The average Bonchev–Trinajstić information content (AvgIpc) is 3.51. The van der Waals surface area contributed by atoms with E-state index in [1.807, 2.05) is 149 Å². The summed E-state index contributed by atoms with van der Waals surface area (Å²) >= 11 is 5.93. The maximum atomic E-state index is 14.9. The third-order valence-corrected chi connectivity index (χ3v) is 10.6. The van der Waals surface area contributed by atoms with Crippen LogP contribution in [-0.2, 0) is 9.31 Å². The van der Waals surface area contributed by atoms with Crippen molar-refractivity contribution in [1.29, 1.82) is 0 Å². The second-order valence-electron chi connectivity index (χ2n) is 15.0. The molecule has 0 aliphatic carbocycles. The van der Waals surface area contributed by atoms with Crippen LogP contribution in [-0.4, -0.2) is 48.2 Å². The lowest BCUT2D eigenvalue weighted by Gasteiger charge is -2.32. The molecular weight excluding hydrogens is 777 g/mol. The first-order valence-corrected chi connectivity index (χ1v) is 19.7. The fourth-order valence-corrected chi connectivity index (χ4v) is 6.52. The van der Waals surface area contributed by atoms with E-state index in [4.69, 9.17) is 35.9 Å². The van der Waals surface area contributed by atoms with Gasteiger partial charge in [0.25, 0.3) is 0 Å². The van der Waals surface area contributed by atoms with E-state index in [1.165, 1.54) is 18.2 Å². The summed E-state index contributed by atoms with van der Waals surface area (Å²) in [5.41, 5.74) is 3.95. The van der Waals surface area contributed by atoms with Crippen molar-refractivity contribution in [3.05, 3.63) is 174 Å². The Kier molecular flexibility index (Phi) is 11.4. The van der Waals surface area contributed by atoms with Gasteiger partial charge in [0.15, 0.2) is 34.9 Å². The minimum atomic E-state index is -0.825. The Morgan fingerprint density at radius 3 is 1.03 bits per heavy atom. The van der Waals surface area contributed by atoms with Crippen molar-refractivity contribution in [3.63, 3.8) is 0 Å². The van der Waals surface area contributed by atoms with Crippen LogP contribution < -0.4 is 5.46 Å². The molecule has 0 spiro atoms. The normalized spacial score (nSPS) is 14.0. The molecule has 0 amide bonds. The highest BCUT2D eigenvalue weighted by Crippen LogP contribution is 2.37. The van der Waals surface area contributed by atoms with E-state index in [2.05, 4.69) is 15.0 Å². The second kappa shape index (κ2) is 17.0. The first kappa shape index (κ1) is 40.3. The molecule has 0 atom stereocenters. The monoisotopic (exact) mass is 814 g/mol. The van der Waals surface area contributed by atoms with Crippen LogP contribution in [0.25, 0.3) is 68.3 Å². The molecule has 3 heterocycles. The van der Waals surface area contributed by atoms with Gasteiger partial charge < -0.3 is 9.31 Å². The molecule has 9 rings (SSSR count). The third kappa shape index (κ3) is 8.74. The topological polar surface area (TPSA) is 95.8 Å². The van der Waals surface area contributed by atoms with Crippen LogP contribution in [0.3, 0.4) is 0 Å². The van der Waals surface area contributed by atoms with Gasteiger partial charge >= 0.3 is 7.12 Å². The first-order chi connectivity index (χ1) is 28.9. The predicted molar refractivity (Wildman–Crippen MR) is 233 cm³/mol. The summed E-state index contributed by atoms with van der Waals surface area (Å²) in [4.78, 5) is 27.9. The number of nitrogens with zero attached hydrogens (tertiary/aromatic N) is 6. The molecule has 8 aromatic rings. The molecule has 0 N–H and O–H groups in total. The summed E-state index contributed by atoms with van der Waals surface area (Å²) in [7, 11) is -0.825. The van der Waals surface area contributed by atoms with Crippen molar-refractivity contribution in [3.8, 4) is 68.3 Å². The van der Waals surface area contributed by atoms with Crippen LogP contribution >= 0.6 is 11.6 Å². The zero-order valence-corrected chi connectivity index (χ0v) is 34.0. The van der Waals surface area contributed by atoms with E-state index in [0.29, 0.717) is 51.5 Å². The minimum Gasteiger partial charge on any atom is -0.399 e. The summed E-state index contributed by atoms with van der Waals surface area (Å²) in [5.74, 6) is 2.21. The molecule has 60 heavy (non-hydrogen) atoms. The summed E-state index contributed by atoms with van der Waals surface area (Å²) in [5, 5.41) is 0.0328. The molecular formula is C48H38BClF2N6O2. The molecule has 12 heteroatoms. The van der Waals surface area contributed by atoms with Crippen LogP contribution in [0.2, 0.25) is 5.02 Å². The molecule has 2 aromatic heterocycles. The van der Waals surface area contributed by atoms with Gasteiger partial charge in [0.1, 0.15) is 11.6 Å². The van der Waals surface area contributed by atoms with E-state index >= 15 is 0 Å². The van der Waals surface area contributed by atoms with Gasteiger partial charge in [-0.15, -0.1) is 0 Å². The smallest absolute Gasteiger partial charge is 0.399 e. The molecule has 1 aliphatic heterocycles. The maximum absolute atomic E-state index is 14.9. The zero-order valence-electron chi connectivity index (χ0n) is 33.2. The molecule has 0 unspecified atom stereocenters. The summed E-state index contributed by atoms with van der Waals surface area (Å²) in [6, 6.07) is 48.0. The van der Waals surface area contributed by atoms with Crippen LogP contribution in [0.15, 0.2) is 158 Å². The molecule has 1 fully saturated rings. The van der Waals surface area contributed by atoms with Gasteiger partial charge in [-0.25, -0.2) is 38.7 Å². The Morgan fingerprint density at radius 2 is 0.700 bits per heavy atom. The van der Waals surface area contributed by atoms with Crippen LogP contribution in [0.1, 0.15) is 27.7 Å². The maximum Gasteiger partial charge on any atom is 0.497 e. The van der Waals surface area contributed by atoms with Crippen LogP contribution in [0, 0.1) is 11.6 Å². The zero-order chi connectivity index (χ0) is 41.9. The van der Waals surface area contributed by atoms with Gasteiger partial charge in [-0.05, 0) is 64.1 Å². The van der Waals surface area contributed by atoms with Gasteiger partial charge in [0.2, 0.25) is 0 Å². The third-order valence-electron chi connectivity index (χ3n) is 10.3. The Hall–Kier alpha value is -6.53. The lowest BCUT2D eigenvalue weighted by atomic mass is 9.78. The number of aromatic nitrogens is 6. The number of halogens is 3. The first-order valence-electron chi connectivity index (χ1n) is 19.3. The highest BCUT2D eigenvalue weighted by atomic mass is 35.5.